The van der Waals surface area contributed by atoms with Gasteiger partial charge in [-0.1, -0.05) is 186 Å². The topological polar surface area (TPSA) is 212 Å². The molecule has 1 rings (SSSR count). The average Bonchev–Trinajstić information content (AvgIpc) is 3.22. The highest BCUT2D eigenvalue weighted by molar-refractivity contribution is 7.80. The summed E-state index contributed by atoms with van der Waals surface area (Å²) in [6, 6.07) is -1.12. The van der Waals surface area contributed by atoms with Crippen LogP contribution in [0.4, 0.5) is 0 Å². The Bertz CT molecular complexity index is 1190. The summed E-state index contributed by atoms with van der Waals surface area (Å²) in [5, 5.41) is 55.1. The van der Waals surface area contributed by atoms with Crippen molar-refractivity contribution in [3.63, 3.8) is 0 Å². The van der Waals surface area contributed by atoms with E-state index in [-0.39, 0.29) is 6.42 Å². The lowest BCUT2D eigenvalue weighted by Crippen LogP contribution is -2.61. The molecule has 13 nitrogen and oxygen atoms in total. The Morgan fingerprint density at radius 2 is 1.12 bits per heavy atom. The van der Waals surface area contributed by atoms with E-state index in [2.05, 4.69) is 35.5 Å². The lowest BCUT2D eigenvalue weighted by molar-refractivity contribution is -0.298. The van der Waals surface area contributed by atoms with Gasteiger partial charge in [0.05, 0.1) is 25.4 Å². The minimum atomic E-state index is -5.12. The largest absolute Gasteiger partial charge is 0.397 e. The van der Waals surface area contributed by atoms with Crippen LogP contribution in [0.1, 0.15) is 200 Å². The molecule has 0 aromatic rings. The first-order valence-corrected chi connectivity index (χ1v) is 25.2. The number of nitrogens with one attached hydrogen (secondary N) is 1. The molecule has 0 radical (unpaired) electrons. The SMILES string of the molecule is CCCC/C=C\CCCCCCC(O)C(=O)NC(COC1OC(CO)C(O)C(OS(=O)(=O)O)C1O)C(O)/C=C/CCCCCCCCCCCCCCCCCCCCC. The normalized spacial score (nSPS) is 21.5. The summed E-state index contributed by atoms with van der Waals surface area (Å²) in [6.07, 6.45) is 29.9. The van der Waals surface area contributed by atoms with Gasteiger partial charge in [-0.15, -0.1) is 0 Å². The Morgan fingerprint density at radius 1 is 0.667 bits per heavy atom. The quantitative estimate of drug-likeness (QED) is 0.0176. The van der Waals surface area contributed by atoms with Crippen molar-refractivity contribution in [2.75, 3.05) is 13.2 Å². The third kappa shape index (κ3) is 29.0. The van der Waals surface area contributed by atoms with Crippen LogP contribution in [0, 0.1) is 0 Å². The Kier molecular flexibility index (Phi) is 34.8. The van der Waals surface area contributed by atoms with E-state index in [0.717, 1.165) is 51.4 Å². The average molecular weight is 878 g/mol. The maximum Gasteiger partial charge on any atom is 0.397 e. The van der Waals surface area contributed by atoms with Crippen LogP contribution in [0.25, 0.3) is 0 Å². The van der Waals surface area contributed by atoms with Crippen molar-refractivity contribution in [1.29, 1.82) is 0 Å². The van der Waals surface area contributed by atoms with Crippen molar-refractivity contribution in [1.82, 2.24) is 5.32 Å². The van der Waals surface area contributed by atoms with Crippen LogP contribution in [0.2, 0.25) is 0 Å². The molecule has 1 amide bonds. The van der Waals surface area contributed by atoms with Gasteiger partial charge in [-0.2, -0.15) is 8.42 Å². The van der Waals surface area contributed by atoms with E-state index in [0.29, 0.717) is 12.8 Å². The Labute approximate surface area is 364 Å². The molecule has 60 heavy (non-hydrogen) atoms. The first kappa shape index (κ1) is 56.6. The van der Waals surface area contributed by atoms with Crippen LogP contribution in [0.5, 0.6) is 0 Å². The van der Waals surface area contributed by atoms with Crippen LogP contribution in [-0.2, 0) is 28.9 Å². The van der Waals surface area contributed by atoms with E-state index in [1.807, 2.05) is 6.08 Å². The summed E-state index contributed by atoms with van der Waals surface area (Å²) < 4.78 is 47.5. The van der Waals surface area contributed by atoms with Gasteiger partial charge in [0.1, 0.15) is 30.5 Å². The molecule has 8 unspecified atom stereocenters. The summed E-state index contributed by atoms with van der Waals surface area (Å²) in [4.78, 5) is 13.1. The van der Waals surface area contributed by atoms with E-state index < -0.39 is 78.5 Å². The molecule has 0 aromatic heterocycles. The number of hydrogen-bond acceptors (Lipinski definition) is 11. The fourth-order valence-electron chi connectivity index (χ4n) is 7.50. The maximum atomic E-state index is 13.1. The number of aliphatic hydroxyl groups excluding tert-OH is 5. The van der Waals surface area contributed by atoms with E-state index >= 15 is 0 Å². The number of allylic oxidation sites excluding steroid dienone is 3. The molecule has 8 atom stereocenters. The fraction of sp³-hybridized carbons (Fsp3) is 0.891. The summed E-state index contributed by atoms with van der Waals surface area (Å²) in [7, 11) is -5.12. The van der Waals surface area contributed by atoms with Crippen molar-refractivity contribution in [3.8, 4) is 0 Å². The third-order valence-electron chi connectivity index (χ3n) is 11.3. The predicted molar refractivity (Wildman–Crippen MR) is 238 cm³/mol. The number of rotatable bonds is 40. The molecule has 0 bridgehead atoms. The Morgan fingerprint density at radius 3 is 1.60 bits per heavy atom. The number of ether oxygens (including phenoxy) is 2. The molecule has 14 heteroatoms. The van der Waals surface area contributed by atoms with Gasteiger partial charge in [0.2, 0.25) is 5.91 Å². The van der Waals surface area contributed by atoms with E-state index in [9.17, 15) is 43.3 Å². The molecular weight excluding hydrogens is 791 g/mol. The zero-order valence-corrected chi connectivity index (χ0v) is 38.2. The molecule has 354 valence electrons. The van der Waals surface area contributed by atoms with Gasteiger partial charge in [0, 0.05) is 0 Å². The van der Waals surface area contributed by atoms with E-state index in [1.165, 1.54) is 122 Å². The number of aliphatic hydroxyl groups is 5. The lowest BCUT2D eigenvalue weighted by atomic mass is 9.99. The van der Waals surface area contributed by atoms with Crippen molar-refractivity contribution < 1.29 is 57.0 Å². The zero-order chi connectivity index (χ0) is 44.3. The van der Waals surface area contributed by atoms with Crippen molar-refractivity contribution >= 4 is 16.3 Å². The summed E-state index contributed by atoms with van der Waals surface area (Å²) in [5.41, 5.74) is 0. The first-order chi connectivity index (χ1) is 28.9. The molecular formula is C46H87NO12S. The van der Waals surface area contributed by atoms with Gasteiger partial charge in [-0.3, -0.25) is 9.35 Å². The first-order valence-electron chi connectivity index (χ1n) is 23.8. The zero-order valence-electron chi connectivity index (χ0n) is 37.4. The number of carbonyl (C=O) groups is 1. The summed E-state index contributed by atoms with van der Waals surface area (Å²) in [6.45, 7) is 3.16. The second-order valence-corrected chi connectivity index (χ2v) is 17.9. The Balaban J connectivity index is 2.53. The van der Waals surface area contributed by atoms with Gasteiger partial charge in [0.25, 0.3) is 0 Å². The van der Waals surface area contributed by atoms with Crippen LogP contribution in [0.15, 0.2) is 24.3 Å². The number of carbonyl (C=O) groups excluding carboxylic acids is 1. The monoisotopic (exact) mass is 878 g/mol. The van der Waals surface area contributed by atoms with Gasteiger partial charge in [-0.05, 0) is 38.5 Å². The minimum Gasteiger partial charge on any atom is -0.394 e. The molecule has 1 heterocycles. The highest BCUT2D eigenvalue weighted by Crippen LogP contribution is 2.26. The number of hydrogen-bond donors (Lipinski definition) is 7. The van der Waals surface area contributed by atoms with Gasteiger partial charge in [-0.25, -0.2) is 4.18 Å². The van der Waals surface area contributed by atoms with Crippen molar-refractivity contribution in [2.45, 2.75) is 249 Å². The fourth-order valence-corrected chi connectivity index (χ4v) is 8.01. The van der Waals surface area contributed by atoms with E-state index in [4.69, 9.17) is 9.47 Å². The lowest BCUT2D eigenvalue weighted by Gasteiger charge is -2.41. The van der Waals surface area contributed by atoms with Gasteiger partial charge < -0.3 is 40.3 Å². The highest BCUT2D eigenvalue weighted by Gasteiger charge is 2.48. The number of amides is 1. The number of unbranched alkanes of at least 4 members (excludes halogenated alkanes) is 25. The molecule has 1 saturated heterocycles. The van der Waals surface area contributed by atoms with Crippen LogP contribution in [-0.4, -0.2) is 107 Å². The molecule has 0 aromatic carbocycles. The predicted octanol–water partition coefficient (Wildman–Crippen LogP) is 8.30. The standard InChI is InChI=1S/C46H87NO12S/c1-3-5-7-9-11-13-15-16-17-18-19-20-21-22-23-24-25-27-28-30-32-34-39(49)38(47-45(53)40(50)35-33-31-29-26-14-12-10-8-6-4-2)37-57-46-43(52)44(59-60(54,55)56)42(51)41(36-48)58-46/h10,12,32,34,38-44,46,48-52H,3-9,11,13-31,33,35-37H2,1-2H3,(H,47,53)(H,54,55,56)/b12-10-,34-32+. The maximum absolute atomic E-state index is 13.1. The molecule has 1 fully saturated rings. The molecule has 0 aliphatic carbocycles. The van der Waals surface area contributed by atoms with Crippen molar-refractivity contribution in [3.05, 3.63) is 24.3 Å². The molecule has 7 N–H and O–H groups in total. The van der Waals surface area contributed by atoms with Crippen LogP contribution < -0.4 is 5.32 Å². The van der Waals surface area contributed by atoms with E-state index in [1.54, 1.807) is 0 Å². The van der Waals surface area contributed by atoms with Crippen LogP contribution >= 0.6 is 0 Å². The van der Waals surface area contributed by atoms with Gasteiger partial charge >= 0.3 is 10.4 Å². The Hall–Kier alpha value is -1.46. The highest BCUT2D eigenvalue weighted by atomic mass is 32.3. The summed E-state index contributed by atoms with van der Waals surface area (Å²) in [5.74, 6) is -0.713. The van der Waals surface area contributed by atoms with Gasteiger partial charge in [0.15, 0.2) is 6.29 Å². The van der Waals surface area contributed by atoms with Crippen LogP contribution in [0.3, 0.4) is 0 Å². The summed E-state index contributed by atoms with van der Waals surface area (Å²) >= 11 is 0. The molecule has 0 saturated carbocycles. The second-order valence-electron chi connectivity index (χ2n) is 16.8. The smallest absolute Gasteiger partial charge is 0.394 e. The molecule has 0 spiro atoms. The molecule has 1 aliphatic heterocycles. The third-order valence-corrected chi connectivity index (χ3v) is 11.8. The molecule has 1 aliphatic rings. The minimum absolute atomic E-state index is 0.228. The second kappa shape index (κ2) is 37.0. The van der Waals surface area contributed by atoms with Crippen molar-refractivity contribution in [2.24, 2.45) is 0 Å².